The van der Waals surface area contributed by atoms with Gasteiger partial charge in [0.05, 0.1) is 17.8 Å². The average Bonchev–Trinajstić information content (AvgIpc) is 2.47. The van der Waals surface area contributed by atoms with Crippen LogP contribution in [0.3, 0.4) is 0 Å². The summed E-state index contributed by atoms with van der Waals surface area (Å²) in [5.41, 5.74) is 0.117. The van der Waals surface area contributed by atoms with Gasteiger partial charge in [-0.3, -0.25) is 0 Å². The van der Waals surface area contributed by atoms with Crippen LogP contribution in [0.5, 0.6) is 0 Å². The molecule has 2 atom stereocenters. The van der Waals surface area contributed by atoms with Crippen molar-refractivity contribution >= 4 is 15.7 Å². The van der Waals surface area contributed by atoms with Crippen molar-refractivity contribution in [1.82, 2.24) is 4.72 Å². The quantitative estimate of drug-likeness (QED) is 0.776. The number of nitrogens with one attached hydrogen (secondary N) is 2. The number of para-hydroxylation sites is 1. The highest BCUT2D eigenvalue weighted by molar-refractivity contribution is 7.89. The van der Waals surface area contributed by atoms with Crippen molar-refractivity contribution in [3.05, 3.63) is 24.3 Å². The van der Waals surface area contributed by atoms with Gasteiger partial charge in [0, 0.05) is 0 Å². The molecule has 1 aromatic rings. The number of sulfonamides is 1. The Bertz CT molecular complexity index is 588. The molecule has 0 aliphatic heterocycles. The van der Waals surface area contributed by atoms with E-state index in [1.807, 2.05) is 0 Å². The van der Waals surface area contributed by atoms with Crippen LogP contribution in [-0.4, -0.2) is 32.7 Å². The van der Waals surface area contributed by atoms with Crippen LogP contribution in [0, 0.1) is 5.92 Å². The summed E-state index contributed by atoms with van der Waals surface area (Å²) in [6, 6.07) is 6.82. The minimum Gasteiger partial charge on any atom is -0.394 e. The molecule has 5 nitrogen and oxygen atoms in total. The molecule has 21 heavy (non-hydrogen) atoms. The summed E-state index contributed by atoms with van der Waals surface area (Å²) in [5, 5.41) is 13.2. The number of aliphatic hydroxyl groups is 1. The standard InChI is InChI=1S/C15H24N2O3S/c1-12-6-5-9-15(10-12,11-18)17-13-7-3-4-8-14(13)21(19,20)16-2/h3-4,7-8,12,16-18H,5-6,9-11H2,1-2H3. The molecular formula is C15H24N2O3S. The Labute approximate surface area is 126 Å². The molecule has 0 aromatic heterocycles. The lowest BCUT2D eigenvalue weighted by Gasteiger charge is -2.40. The van der Waals surface area contributed by atoms with E-state index in [4.69, 9.17) is 0 Å². The Morgan fingerprint density at radius 1 is 1.38 bits per heavy atom. The first-order valence-electron chi connectivity index (χ1n) is 7.34. The number of rotatable bonds is 5. The molecule has 0 heterocycles. The van der Waals surface area contributed by atoms with Gasteiger partial charge < -0.3 is 10.4 Å². The van der Waals surface area contributed by atoms with Gasteiger partial charge in [-0.25, -0.2) is 13.1 Å². The smallest absolute Gasteiger partial charge is 0.242 e. The first kappa shape index (κ1) is 16.3. The van der Waals surface area contributed by atoms with Gasteiger partial charge >= 0.3 is 0 Å². The fraction of sp³-hybridized carbons (Fsp3) is 0.600. The van der Waals surface area contributed by atoms with E-state index in [9.17, 15) is 13.5 Å². The van der Waals surface area contributed by atoms with E-state index in [2.05, 4.69) is 17.0 Å². The Kier molecular flexibility index (Phi) is 4.91. The van der Waals surface area contributed by atoms with Gasteiger partial charge in [0.15, 0.2) is 0 Å². The highest BCUT2D eigenvalue weighted by Gasteiger charge is 2.35. The third kappa shape index (κ3) is 3.56. The zero-order valence-corrected chi connectivity index (χ0v) is 13.4. The number of anilines is 1. The normalized spacial score (nSPS) is 26.5. The van der Waals surface area contributed by atoms with Crippen molar-refractivity contribution in [2.24, 2.45) is 5.92 Å². The lowest BCUT2D eigenvalue weighted by molar-refractivity contribution is 0.149. The van der Waals surface area contributed by atoms with Gasteiger partial charge in [-0.05, 0) is 37.9 Å². The maximum atomic E-state index is 12.1. The van der Waals surface area contributed by atoms with Gasteiger partial charge in [-0.2, -0.15) is 0 Å². The van der Waals surface area contributed by atoms with E-state index < -0.39 is 15.6 Å². The molecule has 0 saturated heterocycles. The van der Waals surface area contributed by atoms with Gasteiger partial charge in [0.2, 0.25) is 10.0 Å². The van der Waals surface area contributed by atoms with Gasteiger partial charge in [0.25, 0.3) is 0 Å². The highest BCUT2D eigenvalue weighted by atomic mass is 32.2. The van der Waals surface area contributed by atoms with Crippen molar-refractivity contribution < 1.29 is 13.5 Å². The third-order valence-electron chi connectivity index (χ3n) is 4.24. The Morgan fingerprint density at radius 3 is 2.71 bits per heavy atom. The average molecular weight is 312 g/mol. The second kappa shape index (κ2) is 6.34. The summed E-state index contributed by atoms with van der Waals surface area (Å²) in [4.78, 5) is 0.221. The largest absolute Gasteiger partial charge is 0.394 e. The predicted octanol–water partition coefficient (Wildman–Crippen LogP) is 1.95. The molecule has 2 unspecified atom stereocenters. The van der Waals surface area contributed by atoms with Crippen molar-refractivity contribution in [2.75, 3.05) is 19.0 Å². The monoisotopic (exact) mass is 312 g/mol. The molecule has 0 bridgehead atoms. The molecule has 6 heteroatoms. The summed E-state index contributed by atoms with van der Waals surface area (Å²) in [5.74, 6) is 0.520. The zero-order valence-electron chi connectivity index (χ0n) is 12.6. The van der Waals surface area contributed by atoms with Crippen LogP contribution in [0.15, 0.2) is 29.2 Å². The molecular weight excluding hydrogens is 288 g/mol. The summed E-state index contributed by atoms with van der Waals surface area (Å²) in [6.07, 6.45) is 3.88. The minimum absolute atomic E-state index is 0.00523. The third-order valence-corrected chi connectivity index (χ3v) is 5.71. The fourth-order valence-electron chi connectivity index (χ4n) is 3.16. The van der Waals surface area contributed by atoms with Gasteiger partial charge in [0.1, 0.15) is 4.90 Å². The van der Waals surface area contributed by atoms with E-state index in [0.29, 0.717) is 11.6 Å². The summed E-state index contributed by atoms with van der Waals surface area (Å²) in [6.45, 7) is 2.17. The molecule has 118 valence electrons. The summed E-state index contributed by atoms with van der Waals surface area (Å²) >= 11 is 0. The van der Waals surface area contributed by atoms with Crippen LogP contribution in [0.4, 0.5) is 5.69 Å². The molecule has 0 amide bonds. The van der Waals surface area contributed by atoms with Crippen molar-refractivity contribution in [2.45, 2.75) is 43.0 Å². The Hall–Kier alpha value is -1.11. The number of hydrogen-bond donors (Lipinski definition) is 3. The van der Waals surface area contributed by atoms with Crippen molar-refractivity contribution in [3.63, 3.8) is 0 Å². The van der Waals surface area contributed by atoms with Crippen LogP contribution in [0.2, 0.25) is 0 Å². The maximum Gasteiger partial charge on any atom is 0.242 e. The zero-order chi connectivity index (χ0) is 15.5. The lowest BCUT2D eigenvalue weighted by Crippen LogP contribution is -2.46. The second-order valence-electron chi connectivity index (χ2n) is 5.97. The van der Waals surface area contributed by atoms with E-state index in [1.54, 1.807) is 24.3 Å². The molecule has 2 rings (SSSR count). The summed E-state index contributed by atoms with van der Waals surface area (Å²) in [7, 11) is -2.12. The molecule has 0 spiro atoms. The van der Waals surface area contributed by atoms with E-state index in [-0.39, 0.29) is 11.5 Å². The van der Waals surface area contributed by atoms with Crippen molar-refractivity contribution in [3.8, 4) is 0 Å². The molecule has 1 aliphatic rings. The highest BCUT2D eigenvalue weighted by Crippen LogP contribution is 2.36. The minimum atomic E-state index is -3.52. The SMILES string of the molecule is CNS(=O)(=O)c1ccccc1NC1(CO)CCCC(C)C1. The predicted molar refractivity (Wildman–Crippen MR) is 83.8 cm³/mol. The molecule has 0 radical (unpaired) electrons. The first-order chi connectivity index (χ1) is 9.92. The van der Waals surface area contributed by atoms with E-state index >= 15 is 0 Å². The maximum absolute atomic E-state index is 12.1. The molecule has 3 N–H and O–H groups in total. The fourth-order valence-corrected chi connectivity index (χ4v) is 4.04. The van der Waals surface area contributed by atoms with E-state index in [1.165, 1.54) is 7.05 Å². The van der Waals surface area contributed by atoms with Crippen LogP contribution < -0.4 is 10.0 Å². The molecule has 1 fully saturated rings. The Balaban J connectivity index is 2.35. The van der Waals surface area contributed by atoms with Crippen LogP contribution in [0.25, 0.3) is 0 Å². The van der Waals surface area contributed by atoms with Gasteiger partial charge in [-0.15, -0.1) is 0 Å². The molecule has 1 aromatic carbocycles. The van der Waals surface area contributed by atoms with Crippen LogP contribution >= 0.6 is 0 Å². The summed E-state index contributed by atoms with van der Waals surface area (Å²) < 4.78 is 26.6. The van der Waals surface area contributed by atoms with Crippen LogP contribution in [0.1, 0.15) is 32.6 Å². The molecule has 1 saturated carbocycles. The van der Waals surface area contributed by atoms with E-state index in [0.717, 1.165) is 25.7 Å². The van der Waals surface area contributed by atoms with Crippen LogP contribution in [-0.2, 0) is 10.0 Å². The Morgan fingerprint density at radius 2 is 2.10 bits per heavy atom. The topological polar surface area (TPSA) is 78.4 Å². The number of hydrogen-bond acceptors (Lipinski definition) is 4. The molecule has 1 aliphatic carbocycles. The van der Waals surface area contributed by atoms with Crippen molar-refractivity contribution in [1.29, 1.82) is 0 Å². The first-order valence-corrected chi connectivity index (χ1v) is 8.82. The lowest BCUT2D eigenvalue weighted by atomic mass is 9.76. The number of aliphatic hydroxyl groups excluding tert-OH is 1. The van der Waals surface area contributed by atoms with Gasteiger partial charge in [-0.1, -0.05) is 31.9 Å². The second-order valence-corrected chi connectivity index (χ2v) is 7.82. The number of benzene rings is 1.